The molecule has 1 amide bonds. The minimum absolute atomic E-state index is 0.252. The molecule has 0 saturated carbocycles. The first-order valence-corrected chi connectivity index (χ1v) is 9.43. The highest BCUT2D eigenvalue weighted by atomic mass is 35.5. The highest BCUT2D eigenvalue weighted by molar-refractivity contribution is 7.80. The topological polar surface area (TPSA) is 71.0 Å². The van der Waals surface area contributed by atoms with Crippen molar-refractivity contribution in [1.82, 2.24) is 20.6 Å². The van der Waals surface area contributed by atoms with Crippen LogP contribution < -0.4 is 16.2 Å². The number of carbonyl (C=O) groups excluding carboxylic acids is 1. The van der Waals surface area contributed by atoms with E-state index < -0.39 is 0 Å². The SMILES string of the molecule is Cc1nn(Cc2ccccc2)c(C)c1C(=O)NNC(=S)Nc1cccc(Cl)c1. The molecule has 3 N–H and O–H groups in total. The maximum Gasteiger partial charge on any atom is 0.273 e. The lowest BCUT2D eigenvalue weighted by molar-refractivity contribution is 0.0943. The third-order valence-electron chi connectivity index (χ3n) is 4.16. The molecule has 28 heavy (non-hydrogen) atoms. The Balaban J connectivity index is 1.63. The van der Waals surface area contributed by atoms with Crippen LogP contribution in [-0.2, 0) is 6.54 Å². The summed E-state index contributed by atoms with van der Waals surface area (Å²) in [7, 11) is 0. The van der Waals surface area contributed by atoms with Gasteiger partial charge >= 0.3 is 0 Å². The summed E-state index contributed by atoms with van der Waals surface area (Å²) in [6.07, 6.45) is 0. The zero-order valence-electron chi connectivity index (χ0n) is 15.5. The number of hydrogen-bond acceptors (Lipinski definition) is 3. The molecule has 0 saturated heterocycles. The Labute approximate surface area is 173 Å². The normalized spacial score (nSPS) is 10.4. The summed E-state index contributed by atoms with van der Waals surface area (Å²) in [6.45, 7) is 4.29. The van der Waals surface area contributed by atoms with Gasteiger partial charge in [-0.2, -0.15) is 5.10 Å². The van der Waals surface area contributed by atoms with E-state index in [-0.39, 0.29) is 11.0 Å². The molecule has 0 spiro atoms. The van der Waals surface area contributed by atoms with Gasteiger partial charge < -0.3 is 5.32 Å². The van der Waals surface area contributed by atoms with Gasteiger partial charge in [0.2, 0.25) is 0 Å². The lowest BCUT2D eigenvalue weighted by Gasteiger charge is -2.12. The van der Waals surface area contributed by atoms with Gasteiger partial charge in [0.05, 0.1) is 17.8 Å². The van der Waals surface area contributed by atoms with Gasteiger partial charge in [-0.15, -0.1) is 0 Å². The molecule has 144 valence electrons. The molecule has 1 heterocycles. The van der Waals surface area contributed by atoms with Gasteiger partial charge in [0, 0.05) is 16.4 Å². The molecular weight excluding hydrogens is 394 g/mol. The quantitative estimate of drug-likeness (QED) is 0.448. The lowest BCUT2D eigenvalue weighted by Crippen LogP contribution is -2.44. The number of halogens is 1. The van der Waals surface area contributed by atoms with E-state index in [0.29, 0.717) is 22.8 Å². The second kappa shape index (κ2) is 8.86. The van der Waals surface area contributed by atoms with Crippen LogP contribution in [0.1, 0.15) is 27.3 Å². The number of hydrazine groups is 1. The molecule has 8 heteroatoms. The Bertz CT molecular complexity index is 1000. The van der Waals surface area contributed by atoms with Gasteiger partial charge in [-0.3, -0.25) is 20.3 Å². The maximum atomic E-state index is 12.6. The van der Waals surface area contributed by atoms with Crippen LogP contribution in [0, 0.1) is 13.8 Å². The highest BCUT2D eigenvalue weighted by Gasteiger charge is 2.19. The second-order valence-corrected chi connectivity index (χ2v) is 7.08. The van der Waals surface area contributed by atoms with Crippen molar-refractivity contribution in [3.8, 4) is 0 Å². The summed E-state index contributed by atoms with van der Waals surface area (Å²) in [5.74, 6) is -0.301. The molecule has 0 radical (unpaired) electrons. The van der Waals surface area contributed by atoms with Crippen molar-refractivity contribution in [1.29, 1.82) is 0 Å². The summed E-state index contributed by atoms with van der Waals surface area (Å²) in [5, 5.41) is 8.30. The van der Waals surface area contributed by atoms with Crippen molar-refractivity contribution >= 4 is 40.5 Å². The molecule has 0 aliphatic heterocycles. The summed E-state index contributed by atoms with van der Waals surface area (Å²) < 4.78 is 1.82. The standard InChI is InChI=1S/C20H20ClN5OS/c1-13-18(14(2)26(25-13)12-15-7-4-3-5-8-15)19(27)23-24-20(28)22-17-10-6-9-16(21)11-17/h3-11H,12H2,1-2H3,(H,23,27)(H2,22,24,28). The molecule has 3 aromatic rings. The number of anilines is 1. The fourth-order valence-corrected chi connectivity index (χ4v) is 3.20. The zero-order valence-corrected chi connectivity index (χ0v) is 17.1. The van der Waals surface area contributed by atoms with Crippen LogP contribution >= 0.6 is 23.8 Å². The van der Waals surface area contributed by atoms with E-state index in [4.69, 9.17) is 23.8 Å². The number of nitrogens with one attached hydrogen (secondary N) is 3. The molecule has 0 bridgehead atoms. The third-order valence-corrected chi connectivity index (χ3v) is 4.59. The van der Waals surface area contributed by atoms with E-state index in [9.17, 15) is 4.79 Å². The highest BCUT2D eigenvalue weighted by Crippen LogP contribution is 2.16. The van der Waals surface area contributed by atoms with Crippen LogP contribution in [0.15, 0.2) is 54.6 Å². The van der Waals surface area contributed by atoms with Crippen molar-refractivity contribution in [2.45, 2.75) is 20.4 Å². The van der Waals surface area contributed by atoms with E-state index in [1.165, 1.54) is 0 Å². The van der Waals surface area contributed by atoms with Crippen molar-refractivity contribution in [2.75, 3.05) is 5.32 Å². The third kappa shape index (κ3) is 4.88. The summed E-state index contributed by atoms with van der Waals surface area (Å²) in [4.78, 5) is 12.6. The van der Waals surface area contributed by atoms with Crippen LogP contribution in [0.25, 0.3) is 0 Å². The fraction of sp³-hybridized carbons (Fsp3) is 0.150. The van der Waals surface area contributed by atoms with E-state index in [2.05, 4.69) is 21.3 Å². The number of aromatic nitrogens is 2. The van der Waals surface area contributed by atoms with Gasteiger partial charge in [0.25, 0.3) is 5.91 Å². The van der Waals surface area contributed by atoms with Gasteiger partial charge in [-0.25, -0.2) is 0 Å². The van der Waals surface area contributed by atoms with E-state index in [0.717, 1.165) is 16.9 Å². The Kier molecular flexibility index (Phi) is 6.28. The first-order chi connectivity index (χ1) is 13.4. The van der Waals surface area contributed by atoms with Crippen molar-refractivity contribution in [3.63, 3.8) is 0 Å². The first kappa shape index (κ1) is 19.9. The number of carbonyl (C=O) groups is 1. The fourth-order valence-electron chi connectivity index (χ4n) is 2.84. The number of nitrogens with zero attached hydrogens (tertiary/aromatic N) is 2. The average molecular weight is 414 g/mol. The van der Waals surface area contributed by atoms with Crippen molar-refractivity contribution < 1.29 is 4.79 Å². The molecule has 0 fully saturated rings. The molecule has 0 aliphatic carbocycles. The minimum atomic E-state index is -0.301. The Morgan fingerprint density at radius 2 is 1.86 bits per heavy atom. The maximum absolute atomic E-state index is 12.6. The van der Waals surface area contributed by atoms with Crippen LogP contribution in [-0.4, -0.2) is 20.8 Å². The van der Waals surface area contributed by atoms with Crippen molar-refractivity contribution in [3.05, 3.63) is 82.1 Å². The predicted octanol–water partition coefficient (Wildman–Crippen LogP) is 3.83. The van der Waals surface area contributed by atoms with E-state index in [1.807, 2.05) is 54.9 Å². The van der Waals surface area contributed by atoms with Crippen molar-refractivity contribution in [2.24, 2.45) is 0 Å². The monoisotopic (exact) mass is 413 g/mol. The van der Waals surface area contributed by atoms with Crippen LogP contribution in [0.2, 0.25) is 5.02 Å². The van der Waals surface area contributed by atoms with Gasteiger partial charge in [-0.05, 0) is 49.8 Å². The number of thiocarbonyl (C=S) groups is 1. The molecule has 1 aromatic heterocycles. The van der Waals surface area contributed by atoms with Gasteiger partial charge in [-0.1, -0.05) is 48.0 Å². The first-order valence-electron chi connectivity index (χ1n) is 8.65. The number of hydrogen-bond donors (Lipinski definition) is 3. The molecule has 0 atom stereocenters. The Hall–Kier alpha value is -2.90. The smallest absolute Gasteiger partial charge is 0.273 e. The van der Waals surface area contributed by atoms with Gasteiger partial charge in [0.1, 0.15) is 0 Å². The molecule has 6 nitrogen and oxygen atoms in total. The number of benzene rings is 2. The van der Waals surface area contributed by atoms with E-state index >= 15 is 0 Å². The molecule has 0 aliphatic rings. The van der Waals surface area contributed by atoms with Crippen LogP contribution in [0.4, 0.5) is 5.69 Å². The minimum Gasteiger partial charge on any atom is -0.331 e. The predicted molar refractivity (Wildman–Crippen MR) is 116 cm³/mol. The number of rotatable bonds is 4. The molecule has 3 rings (SSSR count). The largest absolute Gasteiger partial charge is 0.331 e. The average Bonchev–Trinajstić information content (AvgIpc) is 2.94. The molecule has 2 aromatic carbocycles. The Morgan fingerprint density at radius 1 is 1.11 bits per heavy atom. The summed E-state index contributed by atoms with van der Waals surface area (Å²) in [5.41, 5.74) is 9.12. The lowest BCUT2D eigenvalue weighted by atomic mass is 10.2. The second-order valence-electron chi connectivity index (χ2n) is 6.23. The number of amides is 1. The van der Waals surface area contributed by atoms with Crippen LogP contribution in [0.3, 0.4) is 0 Å². The van der Waals surface area contributed by atoms with Crippen LogP contribution in [0.5, 0.6) is 0 Å². The zero-order chi connectivity index (χ0) is 20.1. The molecule has 0 unspecified atom stereocenters. The summed E-state index contributed by atoms with van der Waals surface area (Å²) in [6, 6.07) is 17.1. The summed E-state index contributed by atoms with van der Waals surface area (Å²) >= 11 is 11.2. The Morgan fingerprint density at radius 3 is 2.57 bits per heavy atom. The van der Waals surface area contributed by atoms with E-state index in [1.54, 1.807) is 18.2 Å². The molecular formula is C20H20ClN5OS. The van der Waals surface area contributed by atoms with Gasteiger partial charge in [0.15, 0.2) is 5.11 Å². The number of aryl methyl sites for hydroxylation is 1.